The maximum absolute atomic E-state index is 11.2. The molecule has 0 aromatic carbocycles. The van der Waals surface area contributed by atoms with Crippen LogP contribution in [0, 0.1) is 0 Å². The minimum Gasteiger partial charge on any atom is -0.466 e. The van der Waals surface area contributed by atoms with Gasteiger partial charge >= 0.3 is 5.97 Å². The van der Waals surface area contributed by atoms with Gasteiger partial charge < -0.3 is 19.9 Å². The van der Waals surface area contributed by atoms with Gasteiger partial charge in [0.2, 0.25) is 0 Å². The van der Waals surface area contributed by atoms with Crippen molar-refractivity contribution < 1.29 is 19.0 Å². The lowest BCUT2D eigenvalue weighted by atomic mass is 10.1. The van der Waals surface area contributed by atoms with Gasteiger partial charge in [-0.2, -0.15) is 0 Å². The van der Waals surface area contributed by atoms with Crippen LogP contribution in [0.4, 0.5) is 0 Å². The van der Waals surface area contributed by atoms with E-state index in [4.69, 9.17) is 19.9 Å². The third-order valence-corrected chi connectivity index (χ3v) is 1.93. The van der Waals surface area contributed by atoms with Gasteiger partial charge in [0.15, 0.2) is 6.29 Å². The standard InChI is InChI=1S/C11H23NO4/c1-4-14-10(13)7-9(12)8-11(15-5-2)16-6-3/h9,11H,4-8,12H2,1-3H3/t9-/m1/s1. The maximum Gasteiger partial charge on any atom is 0.307 e. The highest BCUT2D eigenvalue weighted by Crippen LogP contribution is 2.07. The molecule has 96 valence electrons. The van der Waals surface area contributed by atoms with E-state index in [0.717, 1.165) is 0 Å². The highest BCUT2D eigenvalue weighted by atomic mass is 16.7. The second-order valence-electron chi connectivity index (χ2n) is 3.35. The quantitative estimate of drug-likeness (QED) is 0.476. The molecule has 0 radical (unpaired) electrons. The summed E-state index contributed by atoms with van der Waals surface area (Å²) in [5, 5.41) is 0. The van der Waals surface area contributed by atoms with E-state index < -0.39 is 0 Å². The first-order valence-electron chi connectivity index (χ1n) is 5.78. The molecule has 0 bridgehead atoms. The molecule has 0 saturated heterocycles. The van der Waals surface area contributed by atoms with Gasteiger partial charge in [0, 0.05) is 25.7 Å². The molecule has 0 aromatic rings. The van der Waals surface area contributed by atoms with E-state index >= 15 is 0 Å². The van der Waals surface area contributed by atoms with Gasteiger partial charge in [0.1, 0.15) is 0 Å². The molecule has 0 fully saturated rings. The lowest BCUT2D eigenvalue weighted by Gasteiger charge is -2.20. The van der Waals surface area contributed by atoms with Crippen LogP contribution in [0.5, 0.6) is 0 Å². The minimum atomic E-state index is -0.334. The Morgan fingerprint density at radius 3 is 2.12 bits per heavy atom. The fraction of sp³-hybridized carbons (Fsp3) is 0.909. The van der Waals surface area contributed by atoms with Crippen molar-refractivity contribution in [1.29, 1.82) is 0 Å². The largest absolute Gasteiger partial charge is 0.466 e. The summed E-state index contributed by atoms with van der Waals surface area (Å²) in [5.74, 6) is -0.276. The van der Waals surface area contributed by atoms with Crippen LogP contribution in [-0.2, 0) is 19.0 Å². The topological polar surface area (TPSA) is 70.8 Å². The van der Waals surface area contributed by atoms with Crippen molar-refractivity contribution in [3.8, 4) is 0 Å². The van der Waals surface area contributed by atoms with E-state index in [-0.39, 0.29) is 24.7 Å². The first-order valence-corrected chi connectivity index (χ1v) is 5.78. The van der Waals surface area contributed by atoms with Crippen molar-refractivity contribution in [2.45, 2.75) is 45.9 Å². The number of hydrogen-bond donors (Lipinski definition) is 1. The molecule has 0 saturated carbocycles. The van der Waals surface area contributed by atoms with Crippen molar-refractivity contribution in [1.82, 2.24) is 0 Å². The van der Waals surface area contributed by atoms with Crippen LogP contribution in [0.25, 0.3) is 0 Å². The molecule has 16 heavy (non-hydrogen) atoms. The van der Waals surface area contributed by atoms with Gasteiger partial charge in [-0.3, -0.25) is 4.79 Å². The zero-order valence-electron chi connectivity index (χ0n) is 10.4. The molecular formula is C11H23NO4. The van der Waals surface area contributed by atoms with Crippen LogP contribution in [-0.4, -0.2) is 38.1 Å². The number of carbonyl (C=O) groups excluding carboxylic acids is 1. The fourth-order valence-corrected chi connectivity index (χ4v) is 1.32. The SMILES string of the molecule is CCOC(=O)C[C@@H](N)CC(OCC)OCC. The lowest BCUT2D eigenvalue weighted by molar-refractivity contribution is -0.149. The van der Waals surface area contributed by atoms with Crippen molar-refractivity contribution in [2.24, 2.45) is 5.73 Å². The number of ether oxygens (including phenoxy) is 3. The van der Waals surface area contributed by atoms with Crippen LogP contribution in [0.15, 0.2) is 0 Å². The average Bonchev–Trinajstić information content (AvgIpc) is 2.18. The first kappa shape index (κ1) is 15.3. The van der Waals surface area contributed by atoms with Gasteiger partial charge in [-0.15, -0.1) is 0 Å². The second-order valence-corrected chi connectivity index (χ2v) is 3.35. The summed E-state index contributed by atoms with van der Waals surface area (Å²) in [4.78, 5) is 11.2. The Morgan fingerprint density at radius 2 is 1.69 bits per heavy atom. The van der Waals surface area contributed by atoms with E-state index in [1.165, 1.54) is 0 Å². The predicted molar refractivity (Wildman–Crippen MR) is 60.9 cm³/mol. The Labute approximate surface area is 97.2 Å². The molecule has 0 rings (SSSR count). The smallest absolute Gasteiger partial charge is 0.307 e. The molecule has 1 atom stereocenters. The highest BCUT2D eigenvalue weighted by Gasteiger charge is 2.17. The van der Waals surface area contributed by atoms with Crippen molar-refractivity contribution in [2.75, 3.05) is 19.8 Å². The molecule has 0 amide bonds. The van der Waals surface area contributed by atoms with Crippen molar-refractivity contribution in [3.63, 3.8) is 0 Å². The fourth-order valence-electron chi connectivity index (χ4n) is 1.32. The van der Waals surface area contributed by atoms with Crippen LogP contribution in [0.1, 0.15) is 33.6 Å². The molecule has 0 aliphatic rings. The number of nitrogens with two attached hydrogens (primary N) is 1. The Morgan fingerprint density at radius 1 is 1.12 bits per heavy atom. The van der Waals surface area contributed by atoms with Crippen LogP contribution in [0.3, 0.4) is 0 Å². The molecule has 0 aliphatic carbocycles. The number of hydrogen-bond acceptors (Lipinski definition) is 5. The van der Waals surface area contributed by atoms with E-state index in [1.807, 2.05) is 13.8 Å². The van der Waals surface area contributed by atoms with E-state index in [9.17, 15) is 4.79 Å². The lowest BCUT2D eigenvalue weighted by Crippen LogP contribution is -2.32. The summed E-state index contributed by atoms with van der Waals surface area (Å²) in [6.07, 6.45) is 0.366. The molecule has 0 aliphatic heterocycles. The molecule has 0 heterocycles. The van der Waals surface area contributed by atoms with Gasteiger partial charge in [-0.1, -0.05) is 0 Å². The Hall–Kier alpha value is -0.650. The minimum absolute atomic E-state index is 0.199. The summed E-state index contributed by atoms with van der Waals surface area (Å²) in [5.41, 5.74) is 5.81. The van der Waals surface area contributed by atoms with Gasteiger partial charge in [0.25, 0.3) is 0 Å². The molecule has 0 aromatic heterocycles. The Bertz CT molecular complexity index is 181. The van der Waals surface area contributed by atoms with Crippen LogP contribution in [0.2, 0.25) is 0 Å². The van der Waals surface area contributed by atoms with Crippen LogP contribution >= 0.6 is 0 Å². The normalized spacial score (nSPS) is 12.8. The first-order chi connectivity index (χ1) is 7.63. The molecule has 5 nitrogen and oxygen atoms in total. The number of carbonyl (C=O) groups is 1. The summed E-state index contributed by atoms with van der Waals surface area (Å²) in [6.45, 7) is 7.07. The third kappa shape index (κ3) is 7.62. The Kier molecular flexibility index (Phi) is 9.18. The maximum atomic E-state index is 11.2. The third-order valence-electron chi connectivity index (χ3n) is 1.93. The highest BCUT2D eigenvalue weighted by molar-refractivity contribution is 5.70. The van der Waals surface area contributed by atoms with Gasteiger partial charge in [-0.05, 0) is 20.8 Å². The van der Waals surface area contributed by atoms with Crippen molar-refractivity contribution in [3.05, 3.63) is 0 Å². The summed E-state index contributed by atoms with van der Waals surface area (Å²) >= 11 is 0. The van der Waals surface area contributed by atoms with E-state index in [0.29, 0.717) is 26.2 Å². The zero-order valence-corrected chi connectivity index (χ0v) is 10.4. The molecule has 0 unspecified atom stereocenters. The zero-order chi connectivity index (χ0) is 12.4. The summed E-state index contributed by atoms with van der Waals surface area (Å²) in [7, 11) is 0. The number of esters is 1. The number of rotatable bonds is 9. The monoisotopic (exact) mass is 233 g/mol. The predicted octanol–water partition coefficient (Wildman–Crippen LogP) is 1.06. The van der Waals surface area contributed by atoms with E-state index in [2.05, 4.69) is 0 Å². The van der Waals surface area contributed by atoms with Gasteiger partial charge in [0.05, 0.1) is 13.0 Å². The average molecular weight is 233 g/mol. The molecule has 0 spiro atoms. The molecular weight excluding hydrogens is 210 g/mol. The molecule has 5 heteroatoms. The summed E-state index contributed by atoms with van der Waals surface area (Å²) < 4.78 is 15.5. The summed E-state index contributed by atoms with van der Waals surface area (Å²) in [6, 6.07) is -0.290. The van der Waals surface area contributed by atoms with Gasteiger partial charge in [-0.25, -0.2) is 0 Å². The van der Waals surface area contributed by atoms with Crippen molar-refractivity contribution >= 4 is 5.97 Å². The van der Waals surface area contributed by atoms with E-state index in [1.54, 1.807) is 6.92 Å². The molecule has 2 N–H and O–H groups in total. The Balaban J connectivity index is 3.88. The van der Waals surface area contributed by atoms with Crippen LogP contribution < -0.4 is 5.73 Å². The second kappa shape index (κ2) is 9.57.